The Morgan fingerprint density at radius 2 is 1.61 bits per heavy atom. The van der Waals surface area contributed by atoms with Gasteiger partial charge in [-0.05, 0) is 35.7 Å². The molecular formula is C22H28IN5. The molecule has 0 aliphatic rings. The van der Waals surface area contributed by atoms with Crippen molar-refractivity contribution in [3.8, 4) is 0 Å². The molecule has 0 fully saturated rings. The van der Waals surface area contributed by atoms with Gasteiger partial charge in [-0.2, -0.15) is 0 Å². The molecule has 0 saturated heterocycles. The third-order valence-corrected chi connectivity index (χ3v) is 4.62. The Kier molecular flexibility index (Phi) is 8.04. The predicted octanol–water partition coefficient (Wildman–Crippen LogP) is 4.09. The molecule has 1 heterocycles. The van der Waals surface area contributed by atoms with Crippen LogP contribution in [0.1, 0.15) is 16.7 Å². The second-order valence-corrected chi connectivity index (χ2v) is 6.76. The molecule has 2 N–H and O–H groups in total. The highest BCUT2D eigenvalue weighted by atomic mass is 127. The smallest absolute Gasteiger partial charge is 0.191 e. The number of anilines is 1. The molecule has 3 rings (SSSR count). The van der Waals surface area contributed by atoms with Crippen molar-refractivity contribution in [2.75, 3.05) is 26.0 Å². The lowest BCUT2D eigenvalue weighted by Crippen LogP contribution is -2.36. The SMILES string of the molecule is CN=C(NCc1ccccc1C)NCc1cc(N(C)C)nc2ccccc12.I. The van der Waals surface area contributed by atoms with Crippen LogP contribution in [0.4, 0.5) is 5.82 Å². The minimum atomic E-state index is 0. The van der Waals surface area contributed by atoms with Gasteiger partial charge in [0, 0.05) is 39.6 Å². The molecule has 148 valence electrons. The van der Waals surface area contributed by atoms with Gasteiger partial charge in [-0.3, -0.25) is 4.99 Å². The standard InChI is InChI=1S/C22H27N5.HI/c1-16-9-5-6-10-17(16)14-24-22(23-2)25-15-18-13-21(27(3)4)26-20-12-8-7-11-19(18)20;/h5-13H,14-15H2,1-4H3,(H2,23,24,25);1H. The molecule has 5 nitrogen and oxygen atoms in total. The van der Waals surface area contributed by atoms with E-state index in [0.717, 1.165) is 29.2 Å². The van der Waals surface area contributed by atoms with Crippen molar-refractivity contribution in [3.63, 3.8) is 0 Å². The fourth-order valence-corrected chi connectivity index (χ4v) is 2.99. The summed E-state index contributed by atoms with van der Waals surface area (Å²) < 4.78 is 0. The normalized spacial score (nSPS) is 11.1. The summed E-state index contributed by atoms with van der Waals surface area (Å²) in [6, 6.07) is 18.7. The fraction of sp³-hybridized carbons (Fsp3) is 0.273. The molecule has 0 bridgehead atoms. The number of nitrogens with zero attached hydrogens (tertiary/aromatic N) is 3. The minimum absolute atomic E-state index is 0. The molecule has 0 aliphatic carbocycles. The van der Waals surface area contributed by atoms with E-state index in [4.69, 9.17) is 4.98 Å². The highest BCUT2D eigenvalue weighted by molar-refractivity contribution is 14.0. The predicted molar refractivity (Wildman–Crippen MR) is 130 cm³/mol. The van der Waals surface area contributed by atoms with Gasteiger partial charge in [-0.25, -0.2) is 4.98 Å². The number of nitrogens with one attached hydrogen (secondary N) is 2. The Balaban J connectivity index is 0.00000280. The maximum atomic E-state index is 4.72. The van der Waals surface area contributed by atoms with E-state index in [1.165, 1.54) is 16.7 Å². The number of rotatable bonds is 5. The summed E-state index contributed by atoms with van der Waals surface area (Å²) in [5, 5.41) is 7.98. The van der Waals surface area contributed by atoms with Gasteiger partial charge in [0.15, 0.2) is 5.96 Å². The van der Waals surface area contributed by atoms with Gasteiger partial charge in [0.1, 0.15) is 5.82 Å². The lowest BCUT2D eigenvalue weighted by Gasteiger charge is -2.17. The Morgan fingerprint density at radius 1 is 0.964 bits per heavy atom. The molecule has 6 heteroatoms. The first-order chi connectivity index (χ1) is 13.1. The van der Waals surface area contributed by atoms with Gasteiger partial charge < -0.3 is 15.5 Å². The van der Waals surface area contributed by atoms with Gasteiger partial charge in [0.2, 0.25) is 0 Å². The van der Waals surface area contributed by atoms with Gasteiger partial charge >= 0.3 is 0 Å². The molecule has 0 radical (unpaired) electrons. The van der Waals surface area contributed by atoms with Crippen molar-refractivity contribution in [2.45, 2.75) is 20.0 Å². The number of aliphatic imine (C=N–C) groups is 1. The number of hydrogen-bond acceptors (Lipinski definition) is 3. The topological polar surface area (TPSA) is 52.6 Å². The number of aromatic nitrogens is 1. The van der Waals surface area contributed by atoms with Crippen molar-refractivity contribution in [2.24, 2.45) is 4.99 Å². The third-order valence-electron chi connectivity index (χ3n) is 4.62. The Bertz CT molecular complexity index is 953. The van der Waals surface area contributed by atoms with Gasteiger partial charge in [0.05, 0.1) is 5.52 Å². The maximum Gasteiger partial charge on any atom is 0.191 e. The van der Waals surface area contributed by atoms with E-state index in [1.807, 2.05) is 31.1 Å². The highest BCUT2D eigenvalue weighted by Gasteiger charge is 2.08. The first kappa shape index (κ1) is 21.9. The minimum Gasteiger partial charge on any atom is -0.363 e. The largest absolute Gasteiger partial charge is 0.363 e. The first-order valence-electron chi connectivity index (χ1n) is 9.13. The molecule has 0 saturated carbocycles. The Hall–Kier alpha value is -2.35. The third kappa shape index (κ3) is 5.34. The van der Waals surface area contributed by atoms with E-state index in [0.29, 0.717) is 6.54 Å². The lowest BCUT2D eigenvalue weighted by atomic mass is 10.1. The van der Waals surface area contributed by atoms with Crippen LogP contribution >= 0.6 is 24.0 Å². The number of benzene rings is 2. The zero-order chi connectivity index (χ0) is 19.2. The van der Waals surface area contributed by atoms with Crippen molar-refractivity contribution >= 4 is 46.7 Å². The Morgan fingerprint density at radius 3 is 2.29 bits per heavy atom. The molecule has 0 aliphatic heterocycles. The lowest BCUT2D eigenvalue weighted by molar-refractivity contribution is 0.808. The number of pyridine rings is 1. The molecule has 0 unspecified atom stereocenters. The number of fused-ring (bicyclic) bond motifs is 1. The molecule has 3 aromatic rings. The van der Waals surface area contributed by atoms with E-state index in [-0.39, 0.29) is 24.0 Å². The molecule has 28 heavy (non-hydrogen) atoms. The van der Waals surface area contributed by atoms with Crippen LogP contribution in [-0.2, 0) is 13.1 Å². The van der Waals surface area contributed by atoms with Crippen LogP contribution in [0.5, 0.6) is 0 Å². The summed E-state index contributed by atoms with van der Waals surface area (Å²) in [7, 11) is 5.82. The van der Waals surface area contributed by atoms with Gasteiger partial charge in [-0.15, -0.1) is 24.0 Å². The van der Waals surface area contributed by atoms with Crippen LogP contribution in [0.15, 0.2) is 59.6 Å². The molecule has 1 aromatic heterocycles. The van der Waals surface area contributed by atoms with Crippen LogP contribution in [0.25, 0.3) is 10.9 Å². The molecule has 2 aromatic carbocycles. The summed E-state index contributed by atoms with van der Waals surface area (Å²) >= 11 is 0. The monoisotopic (exact) mass is 489 g/mol. The van der Waals surface area contributed by atoms with Crippen molar-refractivity contribution in [3.05, 3.63) is 71.3 Å². The van der Waals surface area contributed by atoms with Crippen LogP contribution < -0.4 is 15.5 Å². The summed E-state index contributed by atoms with van der Waals surface area (Å²) in [6.07, 6.45) is 0. The molecule has 0 amide bonds. The van der Waals surface area contributed by atoms with E-state index in [1.54, 1.807) is 7.05 Å². The number of guanidine groups is 1. The molecule has 0 spiro atoms. The number of halogens is 1. The number of hydrogen-bond donors (Lipinski definition) is 2. The summed E-state index contributed by atoms with van der Waals surface area (Å²) in [6.45, 7) is 3.54. The van der Waals surface area contributed by atoms with E-state index < -0.39 is 0 Å². The summed E-state index contributed by atoms with van der Waals surface area (Å²) in [4.78, 5) is 11.1. The van der Waals surface area contributed by atoms with E-state index in [9.17, 15) is 0 Å². The zero-order valence-corrected chi connectivity index (χ0v) is 19.2. The average molecular weight is 489 g/mol. The molecule has 0 atom stereocenters. The quantitative estimate of drug-likeness (QED) is 0.322. The van der Waals surface area contributed by atoms with Crippen LogP contribution in [0.2, 0.25) is 0 Å². The van der Waals surface area contributed by atoms with Crippen LogP contribution in [0, 0.1) is 6.92 Å². The second kappa shape index (κ2) is 10.3. The Labute approximate surface area is 184 Å². The number of para-hydroxylation sites is 1. The first-order valence-corrected chi connectivity index (χ1v) is 9.13. The van der Waals surface area contributed by atoms with Gasteiger partial charge in [0.25, 0.3) is 0 Å². The highest BCUT2D eigenvalue weighted by Crippen LogP contribution is 2.22. The zero-order valence-electron chi connectivity index (χ0n) is 16.9. The maximum absolute atomic E-state index is 4.72. The fourth-order valence-electron chi connectivity index (χ4n) is 2.99. The summed E-state index contributed by atoms with van der Waals surface area (Å²) in [5.41, 5.74) is 4.74. The molecular weight excluding hydrogens is 461 g/mol. The van der Waals surface area contributed by atoms with Crippen LogP contribution in [-0.4, -0.2) is 32.1 Å². The second-order valence-electron chi connectivity index (χ2n) is 6.76. The summed E-state index contributed by atoms with van der Waals surface area (Å²) in [5.74, 6) is 1.74. The van der Waals surface area contributed by atoms with Gasteiger partial charge in [-0.1, -0.05) is 42.5 Å². The van der Waals surface area contributed by atoms with E-state index >= 15 is 0 Å². The number of aryl methyl sites for hydroxylation is 1. The van der Waals surface area contributed by atoms with E-state index in [2.05, 4.69) is 65.0 Å². The van der Waals surface area contributed by atoms with Crippen molar-refractivity contribution in [1.29, 1.82) is 0 Å². The average Bonchev–Trinajstić information content (AvgIpc) is 2.68. The van der Waals surface area contributed by atoms with Crippen LogP contribution in [0.3, 0.4) is 0 Å². The van der Waals surface area contributed by atoms with Crippen molar-refractivity contribution in [1.82, 2.24) is 15.6 Å². The van der Waals surface area contributed by atoms with Crippen molar-refractivity contribution < 1.29 is 0 Å².